The molecule has 0 N–H and O–H groups in total. The largest absolute Gasteiger partial charge is 0.381 e. The van der Waals surface area contributed by atoms with Crippen LogP contribution in [-0.2, 0) is 20.9 Å². The van der Waals surface area contributed by atoms with E-state index in [9.17, 15) is 18.4 Å². The highest BCUT2D eigenvalue weighted by atomic mass is 19.2. The summed E-state index contributed by atoms with van der Waals surface area (Å²) in [5, 5.41) is 0. The van der Waals surface area contributed by atoms with Crippen LogP contribution in [0.2, 0.25) is 0 Å². The molecular weight excluding hydrogens is 366 g/mol. The molecule has 3 heterocycles. The first-order valence-electron chi connectivity index (χ1n) is 10.1. The number of piperidine rings is 1. The maximum Gasteiger partial charge on any atom is 0.230 e. The first-order valence-corrected chi connectivity index (χ1v) is 10.1. The van der Waals surface area contributed by atoms with Gasteiger partial charge in [-0.15, -0.1) is 0 Å². The number of ether oxygens (including phenoxy) is 1. The fraction of sp³-hybridized carbons (Fsp3) is 0.619. The van der Waals surface area contributed by atoms with E-state index < -0.39 is 17.0 Å². The molecule has 2 amide bonds. The van der Waals surface area contributed by atoms with E-state index in [1.54, 1.807) is 4.90 Å². The lowest BCUT2D eigenvalue weighted by Gasteiger charge is -2.39. The van der Waals surface area contributed by atoms with Crippen LogP contribution in [0.3, 0.4) is 0 Å². The first kappa shape index (κ1) is 19.3. The molecule has 0 aromatic heterocycles. The van der Waals surface area contributed by atoms with E-state index >= 15 is 0 Å². The minimum atomic E-state index is -0.897. The van der Waals surface area contributed by atoms with E-state index in [2.05, 4.69) is 0 Å². The first-order chi connectivity index (χ1) is 13.5. The Hall–Kier alpha value is -2.02. The Morgan fingerprint density at radius 2 is 1.96 bits per heavy atom. The molecule has 28 heavy (non-hydrogen) atoms. The van der Waals surface area contributed by atoms with Crippen LogP contribution in [0.4, 0.5) is 8.78 Å². The van der Waals surface area contributed by atoms with Crippen molar-refractivity contribution in [1.29, 1.82) is 0 Å². The molecule has 3 saturated heterocycles. The Morgan fingerprint density at radius 1 is 1.18 bits per heavy atom. The molecule has 152 valence electrons. The Kier molecular flexibility index (Phi) is 5.36. The molecule has 1 aromatic rings. The molecule has 3 aliphatic rings. The van der Waals surface area contributed by atoms with Crippen molar-refractivity contribution in [2.45, 2.75) is 38.6 Å². The number of likely N-dealkylation sites (tertiary alicyclic amines) is 2. The molecule has 7 heteroatoms. The van der Waals surface area contributed by atoms with E-state index in [1.807, 2.05) is 4.90 Å². The molecule has 4 rings (SSSR count). The molecule has 0 saturated carbocycles. The summed E-state index contributed by atoms with van der Waals surface area (Å²) in [5.41, 5.74) is -0.387. The van der Waals surface area contributed by atoms with Gasteiger partial charge in [-0.25, -0.2) is 8.78 Å². The number of hydrogen-bond donors (Lipinski definition) is 0. The average Bonchev–Trinajstić information content (AvgIpc) is 3.14. The fourth-order valence-corrected chi connectivity index (χ4v) is 4.82. The van der Waals surface area contributed by atoms with Crippen LogP contribution < -0.4 is 0 Å². The molecule has 0 aliphatic carbocycles. The maximum absolute atomic E-state index is 14.1. The van der Waals surface area contributed by atoms with Crippen molar-refractivity contribution in [2.24, 2.45) is 11.3 Å². The van der Waals surface area contributed by atoms with Gasteiger partial charge in [-0.3, -0.25) is 9.59 Å². The number of amides is 2. The molecule has 3 fully saturated rings. The number of halogens is 2. The number of hydrogen-bond acceptors (Lipinski definition) is 3. The van der Waals surface area contributed by atoms with Gasteiger partial charge in [0.25, 0.3) is 0 Å². The Balaban J connectivity index is 1.45. The van der Waals surface area contributed by atoms with Crippen molar-refractivity contribution >= 4 is 11.8 Å². The zero-order valence-corrected chi connectivity index (χ0v) is 16.0. The van der Waals surface area contributed by atoms with Gasteiger partial charge in [0.05, 0.1) is 5.41 Å². The zero-order chi connectivity index (χ0) is 19.7. The Morgan fingerprint density at radius 3 is 2.75 bits per heavy atom. The normalized spacial score (nSPS) is 26.3. The van der Waals surface area contributed by atoms with Gasteiger partial charge in [-0.2, -0.15) is 0 Å². The number of carbonyl (C=O) groups is 2. The summed E-state index contributed by atoms with van der Waals surface area (Å²) in [4.78, 5) is 29.6. The van der Waals surface area contributed by atoms with Crippen LogP contribution in [0.1, 0.15) is 37.7 Å². The van der Waals surface area contributed by atoms with Gasteiger partial charge in [0.2, 0.25) is 11.8 Å². The standard InChI is InChI=1S/C21H26F2N2O3/c22-17-4-1-3-16(18(17)23)13-24-9-2-7-21(20(24)27)8-10-25(14-21)19(26)15-5-11-28-12-6-15/h1,3-4,15H,2,5-14H2. The van der Waals surface area contributed by atoms with E-state index in [4.69, 9.17) is 4.74 Å². The number of carbonyl (C=O) groups excluding carboxylic acids is 2. The van der Waals surface area contributed by atoms with Gasteiger partial charge in [-0.1, -0.05) is 12.1 Å². The third-order valence-corrected chi connectivity index (χ3v) is 6.45. The second kappa shape index (κ2) is 7.78. The van der Waals surface area contributed by atoms with E-state index in [-0.39, 0.29) is 29.8 Å². The third kappa shape index (κ3) is 3.52. The lowest BCUT2D eigenvalue weighted by atomic mass is 9.78. The van der Waals surface area contributed by atoms with Gasteiger partial charge in [0.1, 0.15) is 0 Å². The van der Waals surface area contributed by atoms with Gasteiger partial charge < -0.3 is 14.5 Å². The second-order valence-electron chi connectivity index (χ2n) is 8.22. The smallest absolute Gasteiger partial charge is 0.230 e. The van der Waals surface area contributed by atoms with E-state index in [0.29, 0.717) is 39.3 Å². The van der Waals surface area contributed by atoms with Gasteiger partial charge in [-0.05, 0) is 38.2 Å². The van der Waals surface area contributed by atoms with Crippen molar-refractivity contribution in [1.82, 2.24) is 9.80 Å². The van der Waals surface area contributed by atoms with Crippen molar-refractivity contribution in [2.75, 3.05) is 32.8 Å². The van der Waals surface area contributed by atoms with Crippen LogP contribution >= 0.6 is 0 Å². The van der Waals surface area contributed by atoms with Crippen molar-refractivity contribution in [3.63, 3.8) is 0 Å². The summed E-state index contributed by atoms with van der Waals surface area (Å²) in [6.45, 7) is 2.85. The Bertz CT molecular complexity index is 766. The molecular formula is C21H26F2N2O3. The van der Waals surface area contributed by atoms with Crippen molar-refractivity contribution in [3.05, 3.63) is 35.4 Å². The predicted molar refractivity (Wildman–Crippen MR) is 98.2 cm³/mol. The minimum absolute atomic E-state index is 0.0138. The molecule has 5 nitrogen and oxygen atoms in total. The van der Waals surface area contributed by atoms with E-state index in [0.717, 1.165) is 31.7 Å². The fourth-order valence-electron chi connectivity index (χ4n) is 4.82. The van der Waals surface area contributed by atoms with Gasteiger partial charge >= 0.3 is 0 Å². The number of nitrogens with zero attached hydrogens (tertiary/aromatic N) is 2. The Labute approximate surface area is 163 Å². The predicted octanol–water partition coefficient (Wildman–Crippen LogP) is 2.73. The molecule has 1 atom stereocenters. The van der Waals surface area contributed by atoms with Crippen LogP contribution in [-0.4, -0.2) is 54.5 Å². The summed E-state index contributed by atoms with van der Waals surface area (Å²) in [6.07, 6.45) is 3.67. The van der Waals surface area contributed by atoms with E-state index in [1.165, 1.54) is 12.1 Å². The summed E-state index contributed by atoms with van der Waals surface area (Å²) in [5.74, 6) is -1.71. The highest BCUT2D eigenvalue weighted by molar-refractivity contribution is 5.86. The lowest BCUT2D eigenvalue weighted by molar-refractivity contribution is -0.147. The summed E-state index contributed by atoms with van der Waals surface area (Å²) in [7, 11) is 0. The topological polar surface area (TPSA) is 49.9 Å². The van der Waals surface area contributed by atoms with Crippen molar-refractivity contribution in [3.8, 4) is 0 Å². The molecule has 0 bridgehead atoms. The number of benzene rings is 1. The summed E-state index contributed by atoms with van der Waals surface area (Å²) < 4.78 is 32.9. The zero-order valence-electron chi connectivity index (χ0n) is 16.0. The molecule has 3 aliphatic heterocycles. The van der Waals surface area contributed by atoms with Crippen LogP contribution in [0.25, 0.3) is 0 Å². The van der Waals surface area contributed by atoms with Crippen LogP contribution in [0.15, 0.2) is 18.2 Å². The minimum Gasteiger partial charge on any atom is -0.381 e. The van der Waals surface area contributed by atoms with Crippen LogP contribution in [0.5, 0.6) is 0 Å². The molecule has 1 aromatic carbocycles. The maximum atomic E-state index is 14.1. The summed E-state index contributed by atoms with van der Waals surface area (Å²) >= 11 is 0. The average molecular weight is 392 g/mol. The molecule has 0 radical (unpaired) electrons. The molecule has 1 spiro atoms. The lowest BCUT2D eigenvalue weighted by Crippen LogP contribution is -2.50. The van der Waals surface area contributed by atoms with Crippen LogP contribution in [0, 0.1) is 23.0 Å². The van der Waals surface area contributed by atoms with Crippen molar-refractivity contribution < 1.29 is 23.1 Å². The van der Waals surface area contributed by atoms with Gasteiger partial charge in [0.15, 0.2) is 11.6 Å². The number of rotatable bonds is 3. The third-order valence-electron chi connectivity index (χ3n) is 6.45. The summed E-state index contributed by atoms with van der Waals surface area (Å²) in [6, 6.07) is 4.06. The molecule has 1 unspecified atom stereocenters. The van der Waals surface area contributed by atoms with Gasteiger partial charge in [0, 0.05) is 50.9 Å². The highest BCUT2D eigenvalue weighted by Crippen LogP contribution is 2.41. The quantitative estimate of drug-likeness (QED) is 0.795. The SMILES string of the molecule is O=C(C1CCOCC1)N1CCC2(CCCN(Cc3cccc(F)c3F)C2=O)C1. The monoisotopic (exact) mass is 392 g/mol. The second-order valence-corrected chi connectivity index (χ2v) is 8.22. The highest BCUT2D eigenvalue weighted by Gasteiger charge is 2.50.